The zero-order chi connectivity index (χ0) is 10.9. The molecular formula is C14H19Cl. The van der Waals surface area contributed by atoms with Crippen molar-refractivity contribution in [3.63, 3.8) is 0 Å². The van der Waals surface area contributed by atoms with Crippen LogP contribution in [0.1, 0.15) is 51.0 Å². The molecule has 0 nitrogen and oxygen atoms in total. The van der Waals surface area contributed by atoms with Crippen LogP contribution < -0.4 is 0 Å². The molecule has 1 atom stereocenters. The predicted molar refractivity (Wildman–Crippen MR) is 66.4 cm³/mol. The molecule has 82 valence electrons. The van der Waals surface area contributed by atoms with Gasteiger partial charge in [0.15, 0.2) is 0 Å². The van der Waals surface area contributed by atoms with E-state index in [9.17, 15) is 0 Å². The first-order valence-electron chi connectivity index (χ1n) is 5.83. The Labute approximate surface area is 97.6 Å². The molecule has 0 aliphatic heterocycles. The zero-order valence-electron chi connectivity index (χ0n) is 9.59. The van der Waals surface area contributed by atoms with Crippen LogP contribution in [0.5, 0.6) is 0 Å². The summed E-state index contributed by atoms with van der Waals surface area (Å²) in [6.07, 6.45) is 5.26. The van der Waals surface area contributed by atoms with Crippen LogP contribution in [0, 0.1) is 5.41 Å². The summed E-state index contributed by atoms with van der Waals surface area (Å²) in [6.45, 7) is 4.74. The van der Waals surface area contributed by atoms with Gasteiger partial charge in [-0.15, -0.1) is 0 Å². The Balaban J connectivity index is 2.21. The fourth-order valence-corrected chi connectivity index (χ4v) is 3.06. The summed E-state index contributed by atoms with van der Waals surface area (Å²) in [5.41, 5.74) is 1.84. The summed E-state index contributed by atoms with van der Waals surface area (Å²) in [5.74, 6) is 0.669. The van der Waals surface area contributed by atoms with Crippen LogP contribution in [-0.2, 0) is 0 Å². The van der Waals surface area contributed by atoms with Crippen molar-refractivity contribution in [2.75, 3.05) is 0 Å². The van der Waals surface area contributed by atoms with Crippen LogP contribution in [0.4, 0.5) is 0 Å². The molecule has 1 aliphatic carbocycles. The highest BCUT2D eigenvalue weighted by molar-refractivity contribution is 6.31. The van der Waals surface area contributed by atoms with Gasteiger partial charge in [0.05, 0.1) is 0 Å². The Morgan fingerprint density at radius 2 is 2.00 bits per heavy atom. The van der Waals surface area contributed by atoms with Crippen LogP contribution >= 0.6 is 11.6 Å². The number of benzene rings is 1. The van der Waals surface area contributed by atoms with Crippen LogP contribution in [0.25, 0.3) is 0 Å². The summed E-state index contributed by atoms with van der Waals surface area (Å²) in [7, 11) is 0. The van der Waals surface area contributed by atoms with E-state index in [1.807, 2.05) is 12.1 Å². The minimum atomic E-state index is 0.488. The fraction of sp³-hybridized carbons (Fsp3) is 0.571. The van der Waals surface area contributed by atoms with Gasteiger partial charge in [0, 0.05) is 5.02 Å². The van der Waals surface area contributed by atoms with Gasteiger partial charge in [-0.05, 0) is 42.2 Å². The highest BCUT2D eigenvalue weighted by Gasteiger charge is 2.29. The van der Waals surface area contributed by atoms with Crippen LogP contribution in [0.15, 0.2) is 24.3 Å². The Kier molecular flexibility index (Phi) is 3.06. The first-order valence-corrected chi connectivity index (χ1v) is 6.21. The van der Waals surface area contributed by atoms with Crippen molar-refractivity contribution in [1.82, 2.24) is 0 Å². The van der Waals surface area contributed by atoms with E-state index in [1.54, 1.807) is 0 Å². The van der Waals surface area contributed by atoms with Crippen molar-refractivity contribution in [3.05, 3.63) is 34.9 Å². The summed E-state index contributed by atoms with van der Waals surface area (Å²) in [5, 5.41) is 0.945. The summed E-state index contributed by atoms with van der Waals surface area (Å²) >= 11 is 6.25. The lowest BCUT2D eigenvalue weighted by molar-refractivity contribution is 0.219. The summed E-state index contributed by atoms with van der Waals surface area (Å²) < 4.78 is 0. The molecule has 0 saturated heterocycles. The molecule has 0 N–H and O–H groups in total. The second-order valence-corrected chi connectivity index (χ2v) is 5.89. The van der Waals surface area contributed by atoms with Crippen molar-refractivity contribution < 1.29 is 0 Å². The van der Waals surface area contributed by atoms with Gasteiger partial charge >= 0.3 is 0 Å². The van der Waals surface area contributed by atoms with E-state index in [-0.39, 0.29) is 0 Å². The van der Waals surface area contributed by atoms with Crippen molar-refractivity contribution in [1.29, 1.82) is 0 Å². The molecular weight excluding hydrogens is 204 g/mol. The van der Waals surface area contributed by atoms with E-state index in [2.05, 4.69) is 26.0 Å². The van der Waals surface area contributed by atoms with E-state index in [1.165, 1.54) is 31.2 Å². The summed E-state index contributed by atoms with van der Waals surface area (Å²) in [4.78, 5) is 0. The molecule has 0 aromatic heterocycles. The average Bonchev–Trinajstić information content (AvgIpc) is 2.17. The Morgan fingerprint density at radius 3 is 2.67 bits per heavy atom. The van der Waals surface area contributed by atoms with Crippen molar-refractivity contribution in [3.8, 4) is 0 Å². The number of halogens is 1. The smallest absolute Gasteiger partial charge is 0.0440 e. The third kappa shape index (κ3) is 2.55. The summed E-state index contributed by atoms with van der Waals surface area (Å²) in [6, 6.07) is 8.31. The molecule has 15 heavy (non-hydrogen) atoms. The SMILES string of the molecule is CC1(C)CCCC(c2ccccc2Cl)C1. The molecule has 1 saturated carbocycles. The lowest BCUT2D eigenvalue weighted by Crippen LogP contribution is -2.21. The Hall–Kier alpha value is -0.490. The minimum absolute atomic E-state index is 0.488. The average molecular weight is 223 g/mol. The highest BCUT2D eigenvalue weighted by Crippen LogP contribution is 2.44. The van der Waals surface area contributed by atoms with Crippen LogP contribution in [-0.4, -0.2) is 0 Å². The number of rotatable bonds is 1. The first-order chi connectivity index (χ1) is 7.08. The maximum Gasteiger partial charge on any atom is 0.0440 e. The van der Waals surface area contributed by atoms with E-state index in [0.717, 1.165) is 5.02 Å². The molecule has 1 aliphatic rings. The van der Waals surface area contributed by atoms with Gasteiger partial charge in [-0.1, -0.05) is 50.1 Å². The van der Waals surface area contributed by atoms with E-state index < -0.39 is 0 Å². The van der Waals surface area contributed by atoms with Gasteiger partial charge in [0.25, 0.3) is 0 Å². The third-order valence-electron chi connectivity index (χ3n) is 3.55. The molecule has 1 fully saturated rings. The van der Waals surface area contributed by atoms with Crippen LogP contribution in [0.2, 0.25) is 5.02 Å². The molecule has 0 radical (unpaired) electrons. The zero-order valence-corrected chi connectivity index (χ0v) is 10.3. The van der Waals surface area contributed by atoms with Crippen LogP contribution in [0.3, 0.4) is 0 Å². The quantitative estimate of drug-likeness (QED) is 0.626. The van der Waals surface area contributed by atoms with E-state index in [0.29, 0.717) is 11.3 Å². The number of hydrogen-bond acceptors (Lipinski definition) is 0. The topological polar surface area (TPSA) is 0 Å². The van der Waals surface area contributed by atoms with Gasteiger partial charge in [-0.3, -0.25) is 0 Å². The number of hydrogen-bond donors (Lipinski definition) is 0. The molecule has 1 heteroatoms. The third-order valence-corrected chi connectivity index (χ3v) is 3.89. The molecule has 0 bridgehead atoms. The molecule has 1 aromatic carbocycles. The fourth-order valence-electron chi connectivity index (χ4n) is 2.77. The van der Waals surface area contributed by atoms with Crippen molar-refractivity contribution >= 4 is 11.6 Å². The van der Waals surface area contributed by atoms with Gasteiger partial charge in [0.2, 0.25) is 0 Å². The largest absolute Gasteiger partial charge is 0.0840 e. The minimum Gasteiger partial charge on any atom is -0.0840 e. The predicted octanol–water partition coefficient (Wildman–Crippen LogP) is 5.02. The van der Waals surface area contributed by atoms with Gasteiger partial charge in [-0.25, -0.2) is 0 Å². The monoisotopic (exact) mass is 222 g/mol. The van der Waals surface area contributed by atoms with Crippen molar-refractivity contribution in [2.24, 2.45) is 5.41 Å². The van der Waals surface area contributed by atoms with E-state index >= 15 is 0 Å². The van der Waals surface area contributed by atoms with Gasteiger partial charge in [-0.2, -0.15) is 0 Å². The Morgan fingerprint density at radius 1 is 1.27 bits per heavy atom. The molecule has 2 rings (SSSR count). The maximum atomic E-state index is 6.25. The molecule has 1 unspecified atom stereocenters. The Bertz CT molecular complexity index is 341. The van der Waals surface area contributed by atoms with E-state index in [4.69, 9.17) is 11.6 Å². The lowest BCUT2D eigenvalue weighted by atomic mass is 9.70. The second-order valence-electron chi connectivity index (χ2n) is 5.48. The standard InChI is InChI=1S/C14H19Cl/c1-14(2)9-5-6-11(10-14)12-7-3-4-8-13(12)15/h3-4,7-8,11H,5-6,9-10H2,1-2H3. The molecule has 0 spiro atoms. The first kappa shape index (κ1) is 11.0. The molecule has 0 amide bonds. The lowest BCUT2D eigenvalue weighted by Gasteiger charge is -2.35. The molecule has 0 heterocycles. The van der Waals surface area contributed by atoms with Crippen molar-refractivity contribution in [2.45, 2.75) is 45.4 Å². The second kappa shape index (κ2) is 4.17. The normalized spacial score (nSPS) is 25.1. The highest BCUT2D eigenvalue weighted by atomic mass is 35.5. The molecule has 1 aromatic rings. The maximum absolute atomic E-state index is 6.25. The van der Waals surface area contributed by atoms with Gasteiger partial charge < -0.3 is 0 Å². The van der Waals surface area contributed by atoms with Gasteiger partial charge in [0.1, 0.15) is 0 Å².